The van der Waals surface area contributed by atoms with Gasteiger partial charge >= 0.3 is 0 Å². The van der Waals surface area contributed by atoms with E-state index in [0.29, 0.717) is 34.7 Å². The predicted molar refractivity (Wildman–Crippen MR) is 113 cm³/mol. The van der Waals surface area contributed by atoms with Gasteiger partial charge in [0.15, 0.2) is 11.5 Å². The fourth-order valence-electron chi connectivity index (χ4n) is 2.84. The summed E-state index contributed by atoms with van der Waals surface area (Å²) in [7, 11) is 0. The van der Waals surface area contributed by atoms with Crippen molar-refractivity contribution < 1.29 is 14.3 Å². The summed E-state index contributed by atoms with van der Waals surface area (Å²) >= 11 is 3.51. The molecule has 0 spiro atoms. The Hall–Kier alpha value is -2.53. The minimum atomic E-state index is -0.199. The first-order valence-electron chi connectivity index (χ1n) is 9.02. The molecule has 1 N–H and O–H groups in total. The third-order valence-electron chi connectivity index (χ3n) is 4.06. The van der Waals surface area contributed by atoms with Gasteiger partial charge in [-0.3, -0.25) is 4.79 Å². The zero-order valence-corrected chi connectivity index (χ0v) is 17.0. The first-order chi connectivity index (χ1) is 13.1. The molecule has 0 aliphatic heterocycles. The number of hydrogen-bond donors (Lipinski definition) is 1. The molecule has 0 fully saturated rings. The van der Waals surface area contributed by atoms with E-state index in [0.717, 1.165) is 22.9 Å². The topological polar surface area (TPSA) is 47.6 Å². The van der Waals surface area contributed by atoms with Gasteiger partial charge in [-0.25, -0.2) is 0 Å². The van der Waals surface area contributed by atoms with Crippen molar-refractivity contribution in [2.45, 2.75) is 20.3 Å². The smallest absolute Gasteiger partial charge is 0.255 e. The minimum absolute atomic E-state index is 0.199. The maximum atomic E-state index is 12.9. The predicted octanol–water partition coefficient (Wildman–Crippen LogP) is 6.04. The highest BCUT2D eigenvalue weighted by atomic mass is 79.9. The molecule has 3 aromatic carbocycles. The molecule has 140 valence electrons. The number of hydrogen-bond acceptors (Lipinski definition) is 3. The number of anilines is 1. The summed E-state index contributed by atoms with van der Waals surface area (Å²) in [4.78, 5) is 12.9. The number of amides is 1. The number of halogens is 1. The summed E-state index contributed by atoms with van der Waals surface area (Å²) in [6.45, 7) is 5.02. The van der Waals surface area contributed by atoms with Crippen molar-refractivity contribution in [1.82, 2.24) is 0 Å². The number of nitrogens with one attached hydrogen (secondary N) is 1. The lowest BCUT2D eigenvalue weighted by Gasteiger charge is -2.15. The number of ether oxygens (including phenoxy) is 2. The lowest BCUT2D eigenvalue weighted by molar-refractivity contribution is 0.102. The maximum Gasteiger partial charge on any atom is 0.255 e. The Morgan fingerprint density at radius 3 is 2.59 bits per heavy atom. The second kappa shape index (κ2) is 8.91. The van der Waals surface area contributed by atoms with Crippen molar-refractivity contribution in [3.05, 3.63) is 64.6 Å². The number of benzene rings is 3. The highest BCUT2D eigenvalue weighted by Gasteiger charge is 2.16. The van der Waals surface area contributed by atoms with Crippen LogP contribution in [-0.2, 0) is 0 Å². The van der Waals surface area contributed by atoms with Crippen molar-refractivity contribution in [3.63, 3.8) is 0 Å². The van der Waals surface area contributed by atoms with Crippen LogP contribution < -0.4 is 14.8 Å². The van der Waals surface area contributed by atoms with Crippen LogP contribution in [0.4, 0.5) is 5.69 Å². The van der Waals surface area contributed by atoms with Crippen LogP contribution in [0.15, 0.2) is 59.1 Å². The second-order valence-corrected chi connectivity index (χ2v) is 6.90. The van der Waals surface area contributed by atoms with Crippen LogP contribution in [0.25, 0.3) is 10.8 Å². The third-order valence-corrected chi connectivity index (χ3v) is 4.65. The first kappa shape index (κ1) is 19.2. The van der Waals surface area contributed by atoms with Crippen LogP contribution in [0.2, 0.25) is 0 Å². The van der Waals surface area contributed by atoms with Gasteiger partial charge in [-0.15, -0.1) is 0 Å². The quantitative estimate of drug-likeness (QED) is 0.499. The van der Waals surface area contributed by atoms with Crippen LogP contribution in [0.3, 0.4) is 0 Å². The summed E-state index contributed by atoms with van der Waals surface area (Å²) < 4.78 is 12.2. The van der Waals surface area contributed by atoms with Gasteiger partial charge < -0.3 is 14.8 Å². The molecule has 0 aliphatic carbocycles. The molecule has 0 atom stereocenters. The molecule has 3 rings (SSSR count). The lowest BCUT2D eigenvalue weighted by Crippen LogP contribution is -2.13. The zero-order valence-electron chi connectivity index (χ0n) is 15.4. The maximum absolute atomic E-state index is 12.9. The van der Waals surface area contributed by atoms with E-state index < -0.39 is 0 Å². The Bertz CT molecular complexity index is 950. The Balaban J connectivity index is 1.92. The van der Waals surface area contributed by atoms with Gasteiger partial charge in [0.25, 0.3) is 5.91 Å². The monoisotopic (exact) mass is 427 g/mol. The second-order valence-electron chi connectivity index (χ2n) is 6.05. The van der Waals surface area contributed by atoms with Gasteiger partial charge in [-0.2, -0.15) is 0 Å². The van der Waals surface area contributed by atoms with Gasteiger partial charge in [0.05, 0.1) is 17.7 Å². The number of carbonyl (C=O) groups is 1. The minimum Gasteiger partial charge on any atom is -0.490 e. The molecule has 0 saturated carbocycles. The van der Waals surface area contributed by atoms with Crippen LogP contribution in [0, 0.1) is 0 Å². The molecule has 3 aromatic rings. The molecule has 5 heteroatoms. The van der Waals surface area contributed by atoms with Gasteiger partial charge in [-0.1, -0.05) is 43.3 Å². The van der Waals surface area contributed by atoms with E-state index >= 15 is 0 Å². The Labute approximate surface area is 167 Å². The molecule has 0 aliphatic rings. The summed E-state index contributed by atoms with van der Waals surface area (Å²) in [6.07, 6.45) is 0.890. The van der Waals surface area contributed by atoms with E-state index in [9.17, 15) is 4.79 Å². The SMILES string of the molecule is CCCOc1c(Br)cc(C(=O)Nc2cccc3ccccc23)cc1OCC. The van der Waals surface area contributed by atoms with E-state index in [1.165, 1.54) is 0 Å². The molecule has 0 saturated heterocycles. The third kappa shape index (κ3) is 4.42. The largest absolute Gasteiger partial charge is 0.490 e. The van der Waals surface area contributed by atoms with E-state index in [2.05, 4.69) is 21.2 Å². The fourth-order valence-corrected chi connectivity index (χ4v) is 3.39. The Kier molecular flexibility index (Phi) is 6.35. The highest BCUT2D eigenvalue weighted by Crippen LogP contribution is 2.37. The highest BCUT2D eigenvalue weighted by molar-refractivity contribution is 9.10. The van der Waals surface area contributed by atoms with Crippen molar-refractivity contribution in [2.75, 3.05) is 18.5 Å². The Morgan fingerprint density at radius 1 is 1.04 bits per heavy atom. The zero-order chi connectivity index (χ0) is 19.2. The van der Waals surface area contributed by atoms with Crippen LogP contribution in [0.1, 0.15) is 30.6 Å². The average molecular weight is 428 g/mol. The van der Waals surface area contributed by atoms with Crippen molar-refractivity contribution in [1.29, 1.82) is 0 Å². The fraction of sp³-hybridized carbons (Fsp3) is 0.227. The molecule has 0 heterocycles. The lowest BCUT2D eigenvalue weighted by atomic mass is 10.1. The van der Waals surface area contributed by atoms with E-state index in [-0.39, 0.29) is 5.91 Å². The normalized spacial score (nSPS) is 10.6. The van der Waals surface area contributed by atoms with Crippen LogP contribution in [-0.4, -0.2) is 19.1 Å². The van der Waals surface area contributed by atoms with Crippen molar-refractivity contribution in [2.24, 2.45) is 0 Å². The van der Waals surface area contributed by atoms with Crippen molar-refractivity contribution >= 4 is 38.3 Å². The van der Waals surface area contributed by atoms with Gasteiger partial charge in [0.1, 0.15) is 0 Å². The molecule has 0 unspecified atom stereocenters. The van der Waals surface area contributed by atoms with Crippen molar-refractivity contribution in [3.8, 4) is 11.5 Å². The molecule has 1 amide bonds. The molecule has 0 aromatic heterocycles. The molecule has 0 radical (unpaired) electrons. The first-order valence-corrected chi connectivity index (χ1v) is 9.81. The number of carbonyl (C=O) groups excluding carboxylic acids is 1. The Morgan fingerprint density at radius 2 is 1.81 bits per heavy atom. The van der Waals surface area contributed by atoms with E-state index in [1.54, 1.807) is 12.1 Å². The van der Waals surface area contributed by atoms with Gasteiger partial charge in [-0.05, 0) is 52.9 Å². The summed E-state index contributed by atoms with van der Waals surface area (Å²) in [5, 5.41) is 5.08. The summed E-state index contributed by atoms with van der Waals surface area (Å²) in [5.74, 6) is 0.985. The summed E-state index contributed by atoms with van der Waals surface area (Å²) in [6, 6.07) is 17.3. The standard InChI is InChI=1S/C22H22BrNO3/c1-3-12-27-21-18(23)13-16(14-20(21)26-4-2)22(25)24-19-11-7-9-15-8-5-6-10-17(15)19/h5-11,13-14H,3-4,12H2,1-2H3,(H,24,25). The van der Waals surface area contributed by atoms with Gasteiger partial charge in [0.2, 0.25) is 0 Å². The average Bonchev–Trinajstić information content (AvgIpc) is 2.67. The van der Waals surface area contributed by atoms with E-state index in [1.807, 2.05) is 56.3 Å². The van der Waals surface area contributed by atoms with Crippen LogP contribution in [0.5, 0.6) is 11.5 Å². The molecular formula is C22H22BrNO3. The molecular weight excluding hydrogens is 406 g/mol. The van der Waals surface area contributed by atoms with Gasteiger partial charge in [0, 0.05) is 16.6 Å². The summed E-state index contributed by atoms with van der Waals surface area (Å²) in [5.41, 5.74) is 1.28. The molecule has 4 nitrogen and oxygen atoms in total. The van der Waals surface area contributed by atoms with E-state index in [4.69, 9.17) is 9.47 Å². The number of rotatable bonds is 7. The number of fused-ring (bicyclic) bond motifs is 1. The molecule has 0 bridgehead atoms. The van der Waals surface area contributed by atoms with Crippen LogP contribution >= 0.6 is 15.9 Å². The molecule has 27 heavy (non-hydrogen) atoms.